The van der Waals surface area contributed by atoms with Gasteiger partial charge in [-0.25, -0.2) is 19.3 Å². The van der Waals surface area contributed by atoms with Gasteiger partial charge in [0.05, 0.1) is 27.0 Å². The molecule has 0 saturated carbocycles. The molecule has 9 heteroatoms. The van der Waals surface area contributed by atoms with E-state index in [4.69, 9.17) is 9.97 Å². The molecule has 0 amide bonds. The molecule has 0 bridgehead atoms. The maximum Gasteiger partial charge on any atom is 0.223 e. The smallest absolute Gasteiger partial charge is 0.223 e. The monoisotopic (exact) mass is 500 g/mol. The fourth-order valence-electron chi connectivity index (χ4n) is 3.73. The van der Waals surface area contributed by atoms with Crippen LogP contribution in [0.15, 0.2) is 30.5 Å². The van der Waals surface area contributed by atoms with Crippen LogP contribution in [0.1, 0.15) is 52.0 Å². The molecule has 0 atom stereocenters. The third-order valence-corrected chi connectivity index (χ3v) is 8.05. The molecule has 1 aromatic carbocycles. The highest BCUT2D eigenvalue weighted by Gasteiger charge is 2.26. The summed E-state index contributed by atoms with van der Waals surface area (Å²) >= 11 is 3.09. The Morgan fingerprint density at radius 3 is 2.71 bits per heavy atom. The summed E-state index contributed by atoms with van der Waals surface area (Å²) in [4.78, 5) is 15.0. The molecule has 3 N–H and O–H groups in total. The first-order valence-electron chi connectivity index (χ1n) is 11.9. The Morgan fingerprint density at radius 1 is 1.18 bits per heavy atom. The van der Waals surface area contributed by atoms with Crippen molar-refractivity contribution in [2.75, 3.05) is 28.9 Å². The zero-order valence-corrected chi connectivity index (χ0v) is 21.9. The molecule has 0 aliphatic carbocycles. The summed E-state index contributed by atoms with van der Waals surface area (Å²) < 4.78 is 18.8. The van der Waals surface area contributed by atoms with Crippen molar-refractivity contribution in [1.82, 2.24) is 20.3 Å². The first-order valence-corrected chi connectivity index (χ1v) is 13.7. The minimum absolute atomic E-state index is 0.163. The Labute approximate surface area is 209 Å². The number of anilines is 2. The number of nitrogens with zero attached hydrogens (tertiary/aromatic N) is 3. The minimum atomic E-state index is -0.291. The normalized spacial score (nSPS) is 14.9. The summed E-state index contributed by atoms with van der Waals surface area (Å²) in [5, 5.41) is 7.79. The average Bonchev–Trinajstić information content (AvgIpc) is 3.27. The van der Waals surface area contributed by atoms with Gasteiger partial charge < -0.3 is 15.4 Å². The molecule has 1 saturated heterocycles. The van der Waals surface area contributed by atoms with Crippen LogP contribution in [-0.4, -0.2) is 39.8 Å². The lowest BCUT2D eigenvalue weighted by atomic mass is 9.98. The Kier molecular flexibility index (Phi) is 8.06. The predicted molar refractivity (Wildman–Crippen MR) is 143 cm³/mol. The van der Waals surface area contributed by atoms with Crippen LogP contribution in [0.3, 0.4) is 0 Å². The number of aromatic nitrogens is 3. The second-order valence-corrected chi connectivity index (χ2v) is 11.4. The highest BCUT2D eigenvalue weighted by Crippen LogP contribution is 2.42. The zero-order chi connectivity index (χ0) is 24.1. The molecule has 3 aromatic rings. The van der Waals surface area contributed by atoms with Crippen LogP contribution in [0.4, 0.5) is 16.0 Å². The van der Waals surface area contributed by atoms with Gasteiger partial charge in [-0.3, -0.25) is 0 Å². The quantitative estimate of drug-likeness (QED) is 0.246. The maximum atomic E-state index is 15.6. The SMILES string of the molecule is CCCSNc1cccc(-c2nc(C(C)(C)C)sc2-c2ccnc(NC3CCNCC3)n2)c1F. The molecule has 6 nitrogen and oxygen atoms in total. The lowest BCUT2D eigenvalue weighted by Gasteiger charge is -2.23. The van der Waals surface area contributed by atoms with Crippen molar-refractivity contribution >= 4 is 34.9 Å². The molecule has 1 fully saturated rings. The van der Waals surface area contributed by atoms with Crippen LogP contribution < -0.4 is 15.4 Å². The van der Waals surface area contributed by atoms with Crippen LogP contribution in [0, 0.1) is 5.82 Å². The van der Waals surface area contributed by atoms with E-state index in [2.05, 4.69) is 48.0 Å². The maximum absolute atomic E-state index is 15.6. The number of piperidine rings is 1. The van der Waals surface area contributed by atoms with Gasteiger partial charge in [-0.2, -0.15) is 0 Å². The van der Waals surface area contributed by atoms with Crippen molar-refractivity contribution in [1.29, 1.82) is 0 Å². The van der Waals surface area contributed by atoms with Crippen LogP contribution in [0.5, 0.6) is 0 Å². The Balaban J connectivity index is 1.73. The Hall–Kier alpha value is -2.23. The second kappa shape index (κ2) is 11.0. The van der Waals surface area contributed by atoms with Gasteiger partial charge in [-0.1, -0.05) is 45.7 Å². The third-order valence-electron chi connectivity index (χ3n) is 5.57. The van der Waals surface area contributed by atoms with Gasteiger partial charge in [-0.05, 0) is 50.6 Å². The van der Waals surface area contributed by atoms with Gasteiger partial charge in [0.15, 0.2) is 5.82 Å². The number of hydrogen-bond acceptors (Lipinski definition) is 8. The Morgan fingerprint density at radius 2 is 1.97 bits per heavy atom. The van der Waals surface area contributed by atoms with Crippen molar-refractivity contribution in [2.24, 2.45) is 0 Å². The highest BCUT2D eigenvalue weighted by atomic mass is 32.2. The first-order chi connectivity index (χ1) is 16.4. The van der Waals surface area contributed by atoms with E-state index < -0.39 is 0 Å². The van der Waals surface area contributed by atoms with E-state index in [1.54, 1.807) is 29.7 Å². The van der Waals surface area contributed by atoms with Gasteiger partial charge >= 0.3 is 0 Å². The molecular formula is C25H33FN6S2. The predicted octanol–water partition coefficient (Wildman–Crippen LogP) is 6.34. The molecule has 2 aromatic heterocycles. The molecule has 0 spiro atoms. The fourth-order valence-corrected chi connectivity index (χ4v) is 5.45. The molecular weight excluding hydrogens is 467 g/mol. The molecule has 34 heavy (non-hydrogen) atoms. The van der Waals surface area contributed by atoms with E-state index in [1.165, 1.54) is 11.9 Å². The number of thiazole rings is 1. The summed E-state index contributed by atoms with van der Waals surface area (Å²) in [6, 6.07) is 7.67. The standard InChI is InChI=1S/C25H33FN6S2/c1-5-15-33-32-18-8-6-7-17(20(18)26)21-22(34-23(31-21)25(2,3)4)19-11-14-28-24(30-19)29-16-9-12-27-13-10-16/h6-8,11,14,16,27,32H,5,9-10,12-13,15H2,1-4H3,(H,28,29,30). The molecule has 0 radical (unpaired) electrons. The Bertz CT molecular complexity index is 1110. The third kappa shape index (κ3) is 5.87. The number of nitrogens with one attached hydrogen (secondary N) is 3. The van der Waals surface area contributed by atoms with E-state index in [0.717, 1.165) is 53.7 Å². The van der Waals surface area contributed by atoms with Crippen LogP contribution in [0.25, 0.3) is 21.8 Å². The lowest BCUT2D eigenvalue weighted by Crippen LogP contribution is -2.35. The molecule has 1 aliphatic rings. The summed E-state index contributed by atoms with van der Waals surface area (Å²) in [6.45, 7) is 10.5. The summed E-state index contributed by atoms with van der Waals surface area (Å²) in [5.74, 6) is 1.22. The fraction of sp³-hybridized carbons (Fsp3) is 0.480. The molecule has 4 rings (SSSR count). The van der Waals surface area contributed by atoms with E-state index in [0.29, 0.717) is 28.9 Å². The number of hydrogen-bond donors (Lipinski definition) is 3. The molecule has 1 aliphatic heterocycles. The van der Waals surface area contributed by atoms with Gasteiger partial charge in [-0.15, -0.1) is 11.3 Å². The summed E-state index contributed by atoms with van der Waals surface area (Å²) in [6.07, 6.45) is 4.86. The van der Waals surface area contributed by atoms with Gasteiger partial charge in [0, 0.05) is 29.0 Å². The van der Waals surface area contributed by atoms with Crippen molar-refractivity contribution in [3.05, 3.63) is 41.3 Å². The van der Waals surface area contributed by atoms with Gasteiger partial charge in [0.2, 0.25) is 5.95 Å². The van der Waals surface area contributed by atoms with E-state index in [-0.39, 0.29) is 11.2 Å². The van der Waals surface area contributed by atoms with E-state index >= 15 is 4.39 Å². The van der Waals surface area contributed by atoms with Crippen LogP contribution in [-0.2, 0) is 5.41 Å². The average molecular weight is 501 g/mol. The van der Waals surface area contributed by atoms with Crippen molar-refractivity contribution in [3.8, 4) is 21.8 Å². The van der Waals surface area contributed by atoms with E-state index in [1.807, 2.05) is 12.1 Å². The lowest BCUT2D eigenvalue weighted by molar-refractivity contribution is 0.477. The van der Waals surface area contributed by atoms with Crippen molar-refractivity contribution in [2.45, 2.75) is 58.4 Å². The molecule has 0 unspecified atom stereocenters. The first kappa shape index (κ1) is 24.9. The number of halogens is 1. The zero-order valence-electron chi connectivity index (χ0n) is 20.2. The van der Waals surface area contributed by atoms with Crippen molar-refractivity contribution in [3.63, 3.8) is 0 Å². The molecule has 182 valence electrons. The minimum Gasteiger partial charge on any atom is -0.351 e. The van der Waals surface area contributed by atoms with Crippen LogP contribution in [0.2, 0.25) is 0 Å². The number of rotatable bonds is 8. The topological polar surface area (TPSA) is 74.8 Å². The second-order valence-electron chi connectivity index (χ2n) is 9.50. The summed E-state index contributed by atoms with van der Waals surface area (Å²) in [7, 11) is 0. The van der Waals surface area contributed by atoms with Crippen molar-refractivity contribution < 1.29 is 4.39 Å². The molecule has 3 heterocycles. The summed E-state index contributed by atoms with van der Waals surface area (Å²) in [5.41, 5.74) is 2.18. The van der Waals surface area contributed by atoms with E-state index in [9.17, 15) is 0 Å². The van der Waals surface area contributed by atoms with Gasteiger partial charge in [0.25, 0.3) is 0 Å². The van der Waals surface area contributed by atoms with Gasteiger partial charge in [0.1, 0.15) is 0 Å². The number of benzene rings is 1. The van der Waals surface area contributed by atoms with Crippen LogP contribution >= 0.6 is 23.3 Å². The largest absolute Gasteiger partial charge is 0.351 e. The highest BCUT2D eigenvalue weighted by molar-refractivity contribution is 8.00.